The number of benzene rings is 1. The van der Waals surface area contributed by atoms with Gasteiger partial charge in [-0.15, -0.1) is 12.4 Å². The third-order valence-corrected chi connectivity index (χ3v) is 3.22. The fourth-order valence-electron chi connectivity index (χ4n) is 1.53. The first-order chi connectivity index (χ1) is 8.63. The highest BCUT2D eigenvalue weighted by molar-refractivity contribution is 7.98. The van der Waals surface area contributed by atoms with Crippen LogP contribution in [0.15, 0.2) is 24.3 Å². The summed E-state index contributed by atoms with van der Waals surface area (Å²) in [5.41, 5.74) is 6.59. The van der Waals surface area contributed by atoms with Gasteiger partial charge in [0, 0.05) is 6.54 Å². The molecule has 0 spiro atoms. The molecular weight excluding hydrogens is 287 g/mol. The Morgan fingerprint density at radius 2 is 2.26 bits per heavy atom. The monoisotopic (exact) mass is 306 g/mol. The molecule has 1 rings (SSSR count). The summed E-state index contributed by atoms with van der Waals surface area (Å²) in [5, 5.41) is 2.76. The van der Waals surface area contributed by atoms with E-state index >= 15 is 0 Å². The summed E-state index contributed by atoms with van der Waals surface area (Å²) in [5.74, 6) is 0.481. The predicted molar refractivity (Wildman–Crippen MR) is 81.3 cm³/mol. The Balaban J connectivity index is 0.00000324. The minimum Gasteiger partial charge on any atom is -0.354 e. The molecule has 0 bridgehead atoms. The second kappa shape index (κ2) is 10.1. The van der Waals surface area contributed by atoms with E-state index in [9.17, 15) is 9.18 Å². The lowest BCUT2D eigenvalue weighted by Crippen LogP contribution is -2.41. The molecule has 19 heavy (non-hydrogen) atoms. The molecule has 3 N–H and O–H groups in total. The van der Waals surface area contributed by atoms with E-state index in [1.54, 1.807) is 17.8 Å². The van der Waals surface area contributed by atoms with Crippen LogP contribution in [0, 0.1) is 5.82 Å². The van der Waals surface area contributed by atoms with Crippen LogP contribution in [0.4, 0.5) is 4.39 Å². The van der Waals surface area contributed by atoms with Crippen LogP contribution in [-0.2, 0) is 11.2 Å². The van der Waals surface area contributed by atoms with Crippen molar-refractivity contribution < 1.29 is 9.18 Å². The first-order valence-electron chi connectivity index (χ1n) is 5.90. The van der Waals surface area contributed by atoms with Crippen molar-refractivity contribution in [2.45, 2.75) is 18.9 Å². The van der Waals surface area contributed by atoms with E-state index in [-0.39, 0.29) is 24.1 Å². The van der Waals surface area contributed by atoms with Crippen LogP contribution in [0.3, 0.4) is 0 Å². The van der Waals surface area contributed by atoms with Crippen molar-refractivity contribution >= 4 is 30.1 Å². The fraction of sp³-hybridized carbons (Fsp3) is 0.462. The maximum absolute atomic E-state index is 12.9. The van der Waals surface area contributed by atoms with E-state index in [4.69, 9.17) is 5.73 Å². The standard InChI is InChI=1S/C13H19FN2OS.ClH/c1-18-8-6-12(15)13(17)16-7-5-10-3-2-4-11(14)9-10;/h2-4,9,12H,5-8,15H2,1H3,(H,16,17);1H/t12-;/m0./s1. The van der Waals surface area contributed by atoms with E-state index in [0.717, 1.165) is 11.3 Å². The zero-order valence-electron chi connectivity index (χ0n) is 10.9. The van der Waals surface area contributed by atoms with Crippen LogP contribution >= 0.6 is 24.2 Å². The van der Waals surface area contributed by atoms with Gasteiger partial charge in [-0.2, -0.15) is 11.8 Å². The van der Waals surface area contributed by atoms with E-state index in [0.29, 0.717) is 19.4 Å². The number of halogens is 2. The van der Waals surface area contributed by atoms with Crippen LogP contribution in [0.25, 0.3) is 0 Å². The molecular formula is C13H20ClFN2OS. The zero-order chi connectivity index (χ0) is 13.4. The van der Waals surface area contributed by atoms with Crippen molar-refractivity contribution in [2.24, 2.45) is 5.73 Å². The number of rotatable bonds is 7. The molecule has 1 aromatic rings. The number of carbonyl (C=O) groups excluding carboxylic acids is 1. The lowest BCUT2D eigenvalue weighted by molar-refractivity contribution is -0.122. The number of thioether (sulfide) groups is 1. The molecule has 0 heterocycles. The summed E-state index contributed by atoms with van der Waals surface area (Å²) in [6.07, 6.45) is 3.26. The average Bonchev–Trinajstić information content (AvgIpc) is 2.35. The summed E-state index contributed by atoms with van der Waals surface area (Å²) >= 11 is 1.67. The van der Waals surface area contributed by atoms with Gasteiger partial charge in [-0.1, -0.05) is 12.1 Å². The molecule has 0 fully saturated rings. The molecule has 3 nitrogen and oxygen atoms in total. The topological polar surface area (TPSA) is 55.1 Å². The van der Waals surface area contributed by atoms with Gasteiger partial charge in [0.05, 0.1) is 6.04 Å². The Hall–Kier alpha value is -0.780. The Morgan fingerprint density at radius 3 is 2.89 bits per heavy atom. The molecule has 0 radical (unpaired) electrons. The maximum atomic E-state index is 12.9. The van der Waals surface area contributed by atoms with Crippen molar-refractivity contribution in [1.82, 2.24) is 5.32 Å². The maximum Gasteiger partial charge on any atom is 0.236 e. The van der Waals surface area contributed by atoms with E-state index in [2.05, 4.69) is 5.32 Å². The first-order valence-corrected chi connectivity index (χ1v) is 7.29. The lowest BCUT2D eigenvalue weighted by atomic mass is 10.1. The molecule has 108 valence electrons. The van der Waals surface area contributed by atoms with Crippen molar-refractivity contribution in [3.8, 4) is 0 Å². The second-order valence-electron chi connectivity index (χ2n) is 4.06. The summed E-state index contributed by atoms with van der Waals surface area (Å²) in [7, 11) is 0. The molecule has 6 heteroatoms. The van der Waals surface area contributed by atoms with Crippen molar-refractivity contribution in [1.29, 1.82) is 0 Å². The normalized spacial score (nSPS) is 11.5. The van der Waals surface area contributed by atoms with Crippen LogP contribution in [0.2, 0.25) is 0 Å². The highest BCUT2D eigenvalue weighted by Gasteiger charge is 2.11. The quantitative estimate of drug-likeness (QED) is 0.810. The average molecular weight is 307 g/mol. The highest BCUT2D eigenvalue weighted by atomic mass is 35.5. The van der Waals surface area contributed by atoms with Gasteiger partial charge in [-0.3, -0.25) is 4.79 Å². The number of carbonyl (C=O) groups is 1. The molecule has 0 aliphatic rings. The Labute approximate surface area is 123 Å². The number of nitrogens with one attached hydrogen (secondary N) is 1. The van der Waals surface area contributed by atoms with E-state index < -0.39 is 6.04 Å². The van der Waals surface area contributed by atoms with Crippen molar-refractivity contribution in [2.75, 3.05) is 18.6 Å². The Bertz CT molecular complexity index is 393. The Morgan fingerprint density at radius 1 is 1.53 bits per heavy atom. The minimum absolute atomic E-state index is 0. The van der Waals surface area contributed by atoms with E-state index in [1.807, 2.05) is 12.3 Å². The molecule has 1 atom stereocenters. The molecule has 0 unspecified atom stereocenters. The van der Waals surface area contributed by atoms with Crippen LogP contribution in [-0.4, -0.2) is 30.5 Å². The first kappa shape index (κ1) is 18.2. The highest BCUT2D eigenvalue weighted by Crippen LogP contribution is 2.03. The van der Waals surface area contributed by atoms with Crippen LogP contribution in [0.5, 0.6) is 0 Å². The van der Waals surface area contributed by atoms with Gasteiger partial charge < -0.3 is 11.1 Å². The van der Waals surface area contributed by atoms with Crippen molar-refractivity contribution in [3.05, 3.63) is 35.6 Å². The van der Waals surface area contributed by atoms with Gasteiger partial charge in [0.15, 0.2) is 0 Å². The number of amides is 1. The molecule has 0 aliphatic carbocycles. The van der Waals surface area contributed by atoms with Gasteiger partial charge in [0.1, 0.15) is 5.82 Å². The SMILES string of the molecule is CSCC[C@H](N)C(=O)NCCc1cccc(F)c1.Cl. The number of hydrogen-bond donors (Lipinski definition) is 2. The van der Waals surface area contributed by atoms with Gasteiger partial charge in [0.2, 0.25) is 5.91 Å². The van der Waals surface area contributed by atoms with Gasteiger partial charge in [-0.25, -0.2) is 4.39 Å². The molecule has 0 aliphatic heterocycles. The number of nitrogens with two attached hydrogens (primary N) is 1. The van der Waals surface area contributed by atoms with Gasteiger partial charge in [-0.05, 0) is 42.5 Å². The summed E-state index contributed by atoms with van der Waals surface area (Å²) in [6.45, 7) is 0.481. The molecule has 1 amide bonds. The third-order valence-electron chi connectivity index (χ3n) is 2.57. The molecule has 0 aromatic heterocycles. The zero-order valence-corrected chi connectivity index (χ0v) is 12.5. The summed E-state index contributed by atoms with van der Waals surface area (Å²) in [6, 6.07) is 5.92. The largest absolute Gasteiger partial charge is 0.354 e. The smallest absolute Gasteiger partial charge is 0.236 e. The van der Waals surface area contributed by atoms with Crippen molar-refractivity contribution in [3.63, 3.8) is 0 Å². The third kappa shape index (κ3) is 7.40. The second-order valence-corrected chi connectivity index (χ2v) is 5.04. The minimum atomic E-state index is -0.454. The fourth-order valence-corrected chi connectivity index (χ4v) is 2.02. The Kier molecular flexibility index (Phi) is 9.65. The van der Waals surface area contributed by atoms with Crippen LogP contribution < -0.4 is 11.1 Å². The summed E-state index contributed by atoms with van der Waals surface area (Å²) in [4.78, 5) is 11.6. The molecule has 1 aromatic carbocycles. The number of hydrogen-bond acceptors (Lipinski definition) is 3. The van der Waals surface area contributed by atoms with Crippen LogP contribution in [0.1, 0.15) is 12.0 Å². The molecule has 0 saturated carbocycles. The summed E-state index contributed by atoms with van der Waals surface area (Å²) < 4.78 is 12.9. The lowest BCUT2D eigenvalue weighted by Gasteiger charge is -2.11. The van der Waals surface area contributed by atoms with E-state index in [1.165, 1.54) is 12.1 Å². The van der Waals surface area contributed by atoms with Gasteiger partial charge >= 0.3 is 0 Å². The van der Waals surface area contributed by atoms with Gasteiger partial charge in [0.25, 0.3) is 0 Å². The predicted octanol–water partition coefficient (Wildman–Crippen LogP) is 1.99. The molecule has 0 saturated heterocycles.